The topological polar surface area (TPSA) is 96.8 Å². The van der Waals surface area contributed by atoms with Crippen LogP contribution in [0.2, 0.25) is 0 Å². The summed E-state index contributed by atoms with van der Waals surface area (Å²) in [4.78, 5) is 46.0. The molecule has 0 radical (unpaired) electrons. The third-order valence-electron chi connectivity index (χ3n) is 5.39. The molecule has 0 saturated heterocycles. The highest BCUT2D eigenvalue weighted by atomic mass is 19.1. The molecular formula is C24H20F2N4O3. The summed E-state index contributed by atoms with van der Waals surface area (Å²) in [6, 6.07) is 10.9. The van der Waals surface area contributed by atoms with Crippen LogP contribution in [-0.2, 0) is 11.2 Å². The number of hydrogen-bond donors (Lipinski definition) is 2. The van der Waals surface area contributed by atoms with E-state index in [1.165, 1.54) is 19.2 Å². The molecule has 0 aliphatic carbocycles. The van der Waals surface area contributed by atoms with E-state index in [1.54, 1.807) is 42.6 Å². The molecule has 7 nitrogen and oxygen atoms in total. The summed E-state index contributed by atoms with van der Waals surface area (Å²) in [6.45, 7) is 1.53. The van der Waals surface area contributed by atoms with Gasteiger partial charge in [0.1, 0.15) is 17.7 Å². The number of pyridine rings is 1. The highest BCUT2D eigenvalue weighted by molar-refractivity contribution is 5.82. The Morgan fingerprint density at radius 2 is 1.91 bits per heavy atom. The van der Waals surface area contributed by atoms with Crippen LogP contribution in [0.4, 0.5) is 8.78 Å². The summed E-state index contributed by atoms with van der Waals surface area (Å²) in [5, 5.41) is 2.89. The third kappa shape index (κ3) is 4.57. The number of carbonyl (C=O) groups excluding carboxylic acids is 1. The van der Waals surface area contributed by atoms with Crippen molar-refractivity contribution in [3.8, 4) is 0 Å². The second kappa shape index (κ2) is 9.15. The van der Waals surface area contributed by atoms with Crippen LogP contribution in [0.3, 0.4) is 0 Å². The highest BCUT2D eigenvalue weighted by Crippen LogP contribution is 2.20. The third-order valence-corrected chi connectivity index (χ3v) is 5.39. The predicted octanol–water partition coefficient (Wildman–Crippen LogP) is 3.02. The van der Waals surface area contributed by atoms with E-state index >= 15 is 0 Å². The summed E-state index contributed by atoms with van der Waals surface area (Å²) < 4.78 is 28.3. The van der Waals surface area contributed by atoms with E-state index in [-0.39, 0.29) is 17.4 Å². The minimum absolute atomic E-state index is 0.000377. The first-order chi connectivity index (χ1) is 15.8. The molecule has 2 aromatic carbocycles. The van der Waals surface area contributed by atoms with Gasteiger partial charge in [0.05, 0.1) is 16.9 Å². The molecule has 4 aromatic rings. The van der Waals surface area contributed by atoms with Crippen LogP contribution in [0.1, 0.15) is 30.1 Å². The van der Waals surface area contributed by atoms with Crippen molar-refractivity contribution in [2.75, 3.05) is 0 Å². The number of nitrogens with one attached hydrogen (secondary N) is 2. The maximum absolute atomic E-state index is 14.2. The minimum atomic E-state index is -1.24. The number of aromatic nitrogens is 3. The Bertz CT molecular complexity index is 1430. The number of H-pyrrole nitrogens is 1. The summed E-state index contributed by atoms with van der Waals surface area (Å²) in [7, 11) is 0. The number of amides is 1. The molecule has 4 rings (SSSR count). The van der Waals surface area contributed by atoms with Gasteiger partial charge in [0.2, 0.25) is 5.91 Å². The van der Waals surface area contributed by atoms with Crippen LogP contribution in [-0.4, -0.2) is 20.4 Å². The second-order valence-electron chi connectivity index (χ2n) is 7.63. The number of halogens is 2. The summed E-state index contributed by atoms with van der Waals surface area (Å²) in [6.07, 6.45) is 3.09. The van der Waals surface area contributed by atoms with Crippen molar-refractivity contribution < 1.29 is 13.6 Å². The fourth-order valence-corrected chi connectivity index (χ4v) is 3.74. The van der Waals surface area contributed by atoms with E-state index < -0.39 is 40.9 Å². The first kappa shape index (κ1) is 22.1. The Hall–Kier alpha value is -4.14. The SMILES string of the molecule is CC(NC(=O)C(Cc1cccnc1)n1c(=O)[nH]c2ccccc2c1=O)c1ccc(F)cc1F. The van der Waals surface area contributed by atoms with Gasteiger partial charge in [-0.2, -0.15) is 0 Å². The quantitative estimate of drug-likeness (QED) is 0.472. The molecule has 2 atom stereocenters. The van der Waals surface area contributed by atoms with Gasteiger partial charge in [0.15, 0.2) is 0 Å². The fourth-order valence-electron chi connectivity index (χ4n) is 3.74. The monoisotopic (exact) mass is 450 g/mol. The van der Waals surface area contributed by atoms with Crippen LogP contribution in [0, 0.1) is 11.6 Å². The smallest absolute Gasteiger partial charge is 0.329 e. The molecule has 0 fully saturated rings. The lowest BCUT2D eigenvalue weighted by molar-refractivity contribution is -0.125. The Morgan fingerprint density at radius 1 is 1.12 bits per heavy atom. The van der Waals surface area contributed by atoms with Gasteiger partial charge in [-0.15, -0.1) is 0 Å². The van der Waals surface area contributed by atoms with Crippen LogP contribution in [0.15, 0.2) is 76.6 Å². The molecule has 9 heteroatoms. The van der Waals surface area contributed by atoms with Crippen molar-refractivity contribution >= 4 is 16.8 Å². The number of hydrogen-bond acceptors (Lipinski definition) is 4. The van der Waals surface area contributed by atoms with Crippen LogP contribution < -0.4 is 16.6 Å². The summed E-state index contributed by atoms with van der Waals surface area (Å²) in [5.74, 6) is -2.22. The molecule has 0 bridgehead atoms. The van der Waals surface area contributed by atoms with E-state index in [0.717, 1.165) is 16.7 Å². The number of nitrogens with zero attached hydrogens (tertiary/aromatic N) is 2. The van der Waals surface area contributed by atoms with Gasteiger partial charge in [-0.1, -0.05) is 24.3 Å². The molecule has 168 valence electrons. The molecule has 2 N–H and O–H groups in total. The van der Waals surface area contributed by atoms with E-state index in [2.05, 4.69) is 15.3 Å². The molecule has 0 spiro atoms. The number of rotatable bonds is 6. The number of para-hydroxylation sites is 1. The Kier molecular flexibility index (Phi) is 6.12. The van der Waals surface area contributed by atoms with Gasteiger partial charge in [0.25, 0.3) is 5.56 Å². The van der Waals surface area contributed by atoms with E-state index in [9.17, 15) is 23.2 Å². The summed E-state index contributed by atoms with van der Waals surface area (Å²) in [5.41, 5.74) is -0.323. The van der Waals surface area contributed by atoms with Crippen molar-refractivity contribution in [3.63, 3.8) is 0 Å². The average Bonchev–Trinajstić information content (AvgIpc) is 2.79. The van der Waals surface area contributed by atoms with Gasteiger partial charge < -0.3 is 10.3 Å². The van der Waals surface area contributed by atoms with E-state index in [1.807, 2.05) is 0 Å². The lowest BCUT2D eigenvalue weighted by Crippen LogP contribution is -2.46. The largest absolute Gasteiger partial charge is 0.348 e. The van der Waals surface area contributed by atoms with Crippen molar-refractivity contribution in [2.24, 2.45) is 0 Å². The van der Waals surface area contributed by atoms with Crippen LogP contribution in [0.5, 0.6) is 0 Å². The fraction of sp³-hybridized carbons (Fsp3) is 0.167. The minimum Gasteiger partial charge on any atom is -0.348 e. The maximum atomic E-state index is 14.2. The second-order valence-corrected chi connectivity index (χ2v) is 7.63. The van der Waals surface area contributed by atoms with Gasteiger partial charge >= 0.3 is 5.69 Å². The van der Waals surface area contributed by atoms with E-state index in [0.29, 0.717) is 11.1 Å². The number of carbonyl (C=O) groups is 1. The zero-order chi connectivity index (χ0) is 23.5. The highest BCUT2D eigenvalue weighted by Gasteiger charge is 2.27. The first-order valence-corrected chi connectivity index (χ1v) is 10.2. The Morgan fingerprint density at radius 3 is 2.64 bits per heavy atom. The van der Waals surface area contributed by atoms with Gasteiger partial charge in [-0.05, 0) is 36.8 Å². The van der Waals surface area contributed by atoms with Crippen LogP contribution in [0.25, 0.3) is 10.9 Å². The predicted molar refractivity (Wildman–Crippen MR) is 119 cm³/mol. The van der Waals surface area contributed by atoms with Gasteiger partial charge in [0, 0.05) is 30.4 Å². The van der Waals surface area contributed by atoms with Crippen molar-refractivity contribution in [1.82, 2.24) is 19.9 Å². The van der Waals surface area contributed by atoms with Crippen molar-refractivity contribution in [3.05, 3.63) is 111 Å². The standard InChI is InChI=1S/C24H20F2N4O3/c1-14(17-9-8-16(25)12-19(17)26)28-22(31)21(11-15-5-4-10-27-13-15)30-23(32)18-6-2-3-7-20(18)29-24(30)33/h2-10,12-14,21H,11H2,1H3,(H,28,31)(H,29,33). The lowest BCUT2D eigenvalue weighted by Gasteiger charge is -2.22. The first-order valence-electron chi connectivity index (χ1n) is 10.2. The molecule has 1 amide bonds. The molecule has 0 aliphatic heterocycles. The van der Waals surface area contributed by atoms with Crippen LogP contribution >= 0.6 is 0 Å². The molecule has 2 unspecified atom stereocenters. The number of benzene rings is 2. The lowest BCUT2D eigenvalue weighted by atomic mass is 10.0. The molecular weight excluding hydrogens is 430 g/mol. The van der Waals surface area contributed by atoms with Crippen molar-refractivity contribution in [2.45, 2.75) is 25.4 Å². The zero-order valence-electron chi connectivity index (χ0n) is 17.6. The normalized spacial score (nSPS) is 12.9. The van der Waals surface area contributed by atoms with E-state index in [4.69, 9.17) is 0 Å². The molecule has 0 aliphatic rings. The molecule has 33 heavy (non-hydrogen) atoms. The average molecular weight is 450 g/mol. The molecule has 0 saturated carbocycles. The zero-order valence-corrected chi connectivity index (χ0v) is 17.6. The number of fused-ring (bicyclic) bond motifs is 1. The molecule has 2 heterocycles. The van der Waals surface area contributed by atoms with Gasteiger partial charge in [-0.25, -0.2) is 18.1 Å². The number of aromatic amines is 1. The Balaban J connectivity index is 1.76. The maximum Gasteiger partial charge on any atom is 0.329 e. The van der Waals surface area contributed by atoms with Gasteiger partial charge in [-0.3, -0.25) is 14.6 Å². The summed E-state index contributed by atoms with van der Waals surface area (Å²) >= 11 is 0. The Labute approximate surface area is 186 Å². The molecule has 2 aromatic heterocycles. The van der Waals surface area contributed by atoms with Crippen molar-refractivity contribution in [1.29, 1.82) is 0 Å².